The molecule has 2 aromatic rings. The summed E-state index contributed by atoms with van der Waals surface area (Å²) in [5.41, 5.74) is 1.39. The molecule has 6 heteroatoms. The highest BCUT2D eigenvalue weighted by Gasteiger charge is 2.24. The Kier molecular flexibility index (Phi) is 6.90. The van der Waals surface area contributed by atoms with Gasteiger partial charge in [-0.2, -0.15) is 0 Å². The molecule has 0 fully saturated rings. The molecule has 2 aromatic carbocycles. The molecule has 0 saturated heterocycles. The molecular formula is C23H29NO5. The van der Waals surface area contributed by atoms with Crippen molar-refractivity contribution in [3.8, 4) is 11.5 Å². The molecule has 2 atom stereocenters. The van der Waals surface area contributed by atoms with Gasteiger partial charge in [0.25, 0.3) is 0 Å². The third-order valence-electron chi connectivity index (χ3n) is 4.57. The lowest BCUT2D eigenvalue weighted by atomic mass is 9.99. The third kappa shape index (κ3) is 6.29. The maximum atomic E-state index is 13.0. The largest absolute Gasteiger partial charge is 0.454 e. The first-order valence-electron chi connectivity index (χ1n) is 9.84. The third-order valence-corrected chi connectivity index (χ3v) is 4.57. The zero-order valence-corrected chi connectivity index (χ0v) is 17.2. The van der Waals surface area contributed by atoms with Gasteiger partial charge in [0.05, 0.1) is 12.7 Å². The quantitative estimate of drug-likeness (QED) is 0.632. The van der Waals surface area contributed by atoms with Crippen molar-refractivity contribution >= 4 is 5.78 Å². The van der Waals surface area contributed by atoms with Gasteiger partial charge in [0, 0.05) is 24.1 Å². The van der Waals surface area contributed by atoms with E-state index in [0.29, 0.717) is 30.0 Å². The van der Waals surface area contributed by atoms with Crippen molar-refractivity contribution in [3.05, 3.63) is 59.7 Å². The van der Waals surface area contributed by atoms with Crippen LogP contribution in [0.2, 0.25) is 0 Å². The number of hydrogen-bond donors (Lipinski definition) is 2. The van der Waals surface area contributed by atoms with E-state index in [1.807, 2.05) is 57.2 Å². The van der Waals surface area contributed by atoms with Crippen molar-refractivity contribution in [2.45, 2.75) is 44.9 Å². The van der Waals surface area contributed by atoms with E-state index in [1.54, 1.807) is 12.1 Å². The van der Waals surface area contributed by atoms with Gasteiger partial charge in [-0.1, -0.05) is 36.4 Å². The number of fused-ring (bicyclic) bond motifs is 1. The Labute approximate surface area is 171 Å². The average Bonchev–Trinajstić information content (AvgIpc) is 3.17. The van der Waals surface area contributed by atoms with Crippen molar-refractivity contribution in [1.82, 2.24) is 5.32 Å². The predicted molar refractivity (Wildman–Crippen MR) is 111 cm³/mol. The zero-order valence-electron chi connectivity index (χ0n) is 17.2. The van der Waals surface area contributed by atoms with Crippen LogP contribution in [-0.4, -0.2) is 48.6 Å². The molecule has 0 aliphatic carbocycles. The Morgan fingerprint density at radius 2 is 1.86 bits per heavy atom. The van der Waals surface area contributed by atoms with Gasteiger partial charge in [0.1, 0.15) is 6.10 Å². The number of aliphatic hydroxyl groups excluding tert-OH is 1. The maximum absolute atomic E-state index is 13.0. The molecule has 0 amide bonds. The number of hydrogen-bond acceptors (Lipinski definition) is 6. The Morgan fingerprint density at radius 1 is 1.14 bits per heavy atom. The number of carbonyl (C=O) groups is 1. The molecule has 0 bridgehead atoms. The summed E-state index contributed by atoms with van der Waals surface area (Å²) >= 11 is 0. The lowest BCUT2D eigenvalue weighted by Gasteiger charge is -2.24. The van der Waals surface area contributed by atoms with Gasteiger partial charge in [-0.3, -0.25) is 4.79 Å². The summed E-state index contributed by atoms with van der Waals surface area (Å²) in [6.07, 6.45) is -1.04. The number of aliphatic hydroxyl groups is 1. The average molecular weight is 399 g/mol. The normalized spacial score (nSPS) is 15.2. The van der Waals surface area contributed by atoms with E-state index in [2.05, 4.69) is 5.32 Å². The number of nitrogens with one attached hydrogen (secondary N) is 1. The molecule has 0 radical (unpaired) electrons. The number of ether oxygens (including phenoxy) is 3. The summed E-state index contributed by atoms with van der Waals surface area (Å²) in [4.78, 5) is 13.0. The number of ketones is 1. The SMILES string of the molecule is CC(C)(C)NCC(O)COC(Cc1ccc2c(c1)OCO2)C(=O)c1ccccc1. The fraction of sp³-hybridized carbons (Fsp3) is 0.435. The van der Waals surface area contributed by atoms with Crippen LogP contribution in [0.5, 0.6) is 11.5 Å². The smallest absolute Gasteiger partial charge is 0.231 e. The van der Waals surface area contributed by atoms with Crippen molar-refractivity contribution < 1.29 is 24.1 Å². The first-order chi connectivity index (χ1) is 13.8. The molecule has 6 nitrogen and oxygen atoms in total. The van der Waals surface area contributed by atoms with E-state index >= 15 is 0 Å². The van der Waals surface area contributed by atoms with E-state index in [-0.39, 0.29) is 24.7 Å². The summed E-state index contributed by atoms with van der Waals surface area (Å²) in [6, 6.07) is 14.7. The number of carbonyl (C=O) groups excluding carboxylic acids is 1. The second kappa shape index (κ2) is 9.39. The lowest BCUT2D eigenvalue weighted by Crippen LogP contribution is -2.43. The Morgan fingerprint density at radius 3 is 2.59 bits per heavy atom. The minimum Gasteiger partial charge on any atom is -0.454 e. The lowest BCUT2D eigenvalue weighted by molar-refractivity contribution is -0.00327. The van der Waals surface area contributed by atoms with Gasteiger partial charge in [0.2, 0.25) is 6.79 Å². The molecular weight excluding hydrogens is 370 g/mol. The Balaban J connectivity index is 1.69. The molecule has 3 rings (SSSR count). The fourth-order valence-corrected chi connectivity index (χ4v) is 3.01. The highest BCUT2D eigenvalue weighted by molar-refractivity contribution is 5.99. The summed E-state index contributed by atoms with van der Waals surface area (Å²) in [7, 11) is 0. The number of benzene rings is 2. The molecule has 1 heterocycles. The first kappa shape index (κ1) is 21.3. The van der Waals surface area contributed by atoms with Crippen molar-refractivity contribution in [2.24, 2.45) is 0 Å². The Hall–Kier alpha value is -2.41. The molecule has 0 aromatic heterocycles. The predicted octanol–water partition coefficient (Wildman–Crippen LogP) is 2.97. The van der Waals surface area contributed by atoms with Crippen LogP contribution in [-0.2, 0) is 11.2 Å². The van der Waals surface area contributed by atoms with E-state index < -0.39 is 12.2 Å². The first-order valence-corrected chi connectivity index (χ1v) is 9.84. The van der Waals surface area contributed by atoms with Crippen LogP contribution in [0.25, 0.3) is 0 Å². The van der Waals surface area contributed by atoms with Crippen molar-refractivity contribution in [2.75, 3.05) is 19.9 Å². The van der Waals surface area contributed by atoms with Gasteiger partial charge in [-0.25, -0.2) is 0 Å². The molecule has 2 N–H and O–H groups in total. The van der Waals surface area contributed by atoms with Gasteiger partial charge in [0.15, 0.2) is 17.3 Å². The van der Waals surface area contributed by atoms with Crippen LogP contribution in [0.15, 0.2) is 48.5 Å². The second-order valence-electron chi connectivity index (χ2n) is 8.23. The number of rotatable bonds is 9. The van der Waals surface area contributed by atoms with Crippen LogP contribution in [0.4, 0.5) is 0 Å². The fourth-order valence-electron chi connectivity index (χ4n) is 3.01. The zero-order chi connectivity index (χ0) is 20.9. The Bertz CT molecular complexity index is 816. The van der Waals surface area contributed by atoms with Crippen LogP contribution < -0.4 is 14.8 Å². The summed E-state index contributed by atoms with van der Waals surface area (Å²) in [6.45, 7) is 6.75. The topological polar surface area (TPSA) is 77.0 Å². The maximum Gasteiger partial charge on any atom is 0.231 e. The van der Waals surface area contributed by atoms with Crippen molar-refractivity contribution in [1.29, 1.82) is 0 Å². The van der Waals surface area contributed by atoms with Crippen LogP contribution in [0, 0.1) is 0 Å². The summed E-state index contributed by atoms with van der Waals surface area (Å²) in [5.74, 6) is 1.26. The number of Topliss-reactive ketones (excluding diaryl/α,β-unsaturated/α-hetero) is 1. The van der Waals surface area contributed by atoms with Crippen LogP contribution in [0.1, 0.15) is 36.7 Å². The van der Waals surface area contributed by atoms with Gasteiger partial charge < -0.3 is 24.6 Å². The standard InChI is InChI=1S/C23H29NO5/c1-23(2,3)24-13-18(25)14-27-21(22(26)17-7-5-4-6-8-17)12-16-9-10-19-20(11-16)29-15-28-19/h4-11,18,21,24-25H,12-15H2,1-3H3. The van der Waals surface area contributed by atoms with Crippen LogP contribution in [0.3, 0.4) is 0 Å². The van der Waals surface area contributed by atoms with E-state index in [4.69, 9.17) is 14.2 Å². The minimum atomic E-state index is -0.711. The van der Waals surface area contributed by atoms with Crippen LogP contribution >= 0.6 is 0 Å². The van der Waals surface area contributed by atoms with E-state index in [0.717, 1.165) is 5.56 Å². The summed E-state index contributed by atoms with van der Waals surface area (Å²) in [5, 5.41) is 13.5. The molecule has 29 heavy (non-hydrogen) atoms. The highest BCUT2D eigenvalue weighted by atomic mass is 16.7. The molecule has 0 saturated carbocycles. The number of β-amino-alcohol motifs (C(OH)–C–C–N with tert-alkyl or cyclic N) is 1. The molecule has 156 valence electrons. The molecule has 1 aliphatic rings. The highest BCUT2D eigenvalue weighted by Crippen LogP contribution is 2.33. The second-order valence-corrected chi connectivity index (χ2v) is 8.23. The summed E-state index contributed by atoms with van der Waals surface area (Å²) < 4.78 is 16.7. The van der Waals surface area contributed by atoms with E-state index in [9.17, 15) is 9.90 Å². The van der Waals surface area contributed by atoms with Gasteiger partial charge in [-0.05, 0) is 38.5 Å². The molecule has 1 aliphatic heterocycles. The van der Waals surface area contributed by atoms with Crippen molar-refractivity contribution in [3.63, 3.8) is 0 Å². The van der Waals surface area contributed by atoms with Gasteiger partial charge >= 0.3 is 0 Å². The van der Waals surface area contributed by atoms with E-state index in [1.165, 1.54) is 0 Å². The molecule has 2 unspecified atom stereocenters. The minimum absolute atomic E-state index is 0.0663. The molecule has 0 spiro atoms. The monoisotopic (exact) mass is 399 g/mol. The van der Waals surface area contributed by atoms with Gasteiger partial charge in [-0.15, -0.1) is 0 Å².